The van der Waals surface area contributed by atoms with Gasteiger partial charge < -0.3 is 9.15 Å². The number of furan rings is 1. The number of fused-ring (bicyclic) bond motifs is 5. The molecule has 3 nitrogen and oxygen atoms in total. The van der Waals surface area contributed by atoms with Gasteiger partial charge in [0.15, 0.2) is 17.5 Å². The average molecular weight is 415 g/mol. The number of hydrogen-bond acceptors (Lipinski definition) is 3. The molecule has 0 amide bonds. The highest BCUT2D eigenvalue weighted by Gasteiger charge is 2.36. The Morgan fingerprint density at radius 3 is 2.67 bits per heavy atom. The lowest BCUT2D eigenvalue weighted by molar-refractivity contribution is -0.659. The Balaban J connectivity index is 1.84. The van der Waals surface area contributed by atoms with E-state index < -0.39 is 0 Å². The van der Waals surface area contributed by atoms with Crippen LogP contribution in [0.25, 0.3) is 42.4 Å². The minimum Gasteiger partial charge on any atom is -0.460 e. The summed E-state index contributed by atoms with van der Waals surface area (Å²) in [6.45, 7) is 9.14. The van der Waals surface area contributed by atoms with Crippen molar-refractivity contribution in [1.82, 2.24) is 0 Å². The Labute approximate surface area is 179 Å². The topological polar surface area (TPSA) is 26.2 Å². The lowest BCUT2D eigenvalue weighted by Gasteiger charge is -2.25. The molecule has 0 spiro atoms. The highest BCUT2D eigenvalue weighted by atomic mass is 32.1. The Kier molecular flexibility index (Phi) is 3.51. The SMILES string of the molecule is Cc1c2c(c(CC(C)(C)C)c3c1sc1ccccc13)Oc1coc3cc[n+](C)c-2c13. The maximum Gasteiger partial charge on any atom is 0.231 e. The minimum atomic E-state index is 0.132. The first-order valence-corrected chi connectivity index (χ1v) is 11.2. The van der Waals surface area contributed by atoms with Crippen molar-refractivity contribution >= 4 is 42.5 Å². The molecule has 5 aromatic rings. The number of aryl methyl sites for hydroxylation is 2. The first-order valence-electron chi connectivity index (χ1n) is 10.4. The molecule has 0 unspecified atom stereocenters. The molecule has 3 aromatic heterocycles. The lowest BCUT2D eigenvalue weighted by Crippen LogP contribution is -2.31. The number of nitrogens with zero attached hydrogens (tertiary/aromatic N) is 1. The summed E-state index contributed by atoms with van der Waals surface area (Å²) in [5.74, 6) is 1.81. The molecular formula is C26H24NO2S+. The number of rotatable bonds is 1. The molecule has 6 rings (SSSR count). The number of pyridine rings is 1. The number of hydrogen-bond donors (Lipinski definition) is 0. The molecule has 1 aliphatic rings. The van der Waals surface area contributed by atoms with E-state index in [4.69, 9.17) is 9.15 Å². The van der Waals surface area contributed by atoms with Crippen molar-refractivity contribution in [3.8, 4) is 22.8 Å². The van der Waals surface area contributed by atoms with Gasteiger partial charge in [-0.05, 0) is 30.4 Å². The second kappa shape index (κ2) is 5.86. The zero-order valence-electron chi connectivity index (χ0n) is 17.9. The number of aromatic nitrogens is 1. The summed E-state index contributed by atoms with van der Waals surface area (Å²) in [5, 5.41) is 3.74. The normalized spacial score (nSPS) is 13.2. The average Bonchev–Trinajstić information content (AvgIpc) is 3.29. The molecule has 4 heteroatoms. The van der Waals surface area contributed by atoms with E-state index in [1.807, 2.05) is 17.4 Å². The van der Waals surface area contributed by atoms with Gasteiger partial charge in [0.05, 0.1) is 5.56 Å². The first kappa shape index (κ1) is 18.0. The van der Waals surface area contributed by atoms with E-state index >= 15 is 0 Å². The first-order chi connectivity index (χ1) is 14.3. The third-order valence-electron chi connectivity index (χ3n) is 6.09. The summed E-state index contributed by atoms with van der Waals surface area (Å²) in [4.78, 5) is 0. The van der Waals surface area contributed by atoms with Crippen molar-refractivity contribution in [3.63, 3.8) is 0 Å². The summed E-state index contributed by atoms with van der Waals surface area (Å²) < 4.78 is 17.4. The van der Waals surface area contributed by atoms with Crippen molar-refractivity contribution in [3.05, 3.63) is 53.9 Å². The molecule has 0 fully saturated rings. The highest BCUT2D eigenvalue weighted by Crippen LogP contribution is 2.54. The van der Waals surface area contributed by atoms with E-state index in [1.165, 1.54) is 42.6 Å². The van der Waals surface area contributed by atoms with Crippen molar-refractivity contribution in [1.29, 1.82) is 0 Å². The molecule has 0 atom stereocenters. The Morgan fingerprint density at radius 1 is 1.07 bits per heavy atom. The monoisotopic (exact) mass is 414 g/mol. The predicted octanol–water partition coefficient (Wildman–Crippen LogP) is 7.29. The maximum atomic E-state index is 6.63. The molecule has 2 aromatic carbocycles. The van der Waals surface area contributed by atoms with E-state index in [2.05, 4.69) is 69.8 Å². The van der Waals surface area contributed by atoms with Crippen molar-refractivity contribution < 1.29 is 13.7 Å². The van der Waals surface area contributed by atoms with Crippen LogP contribution in [0.2, 0.25) is 0 Å². The second-order valence-corrected chi connectivity index (χ2v) is 10.6. The lowest BCUT2D eigenvalue weighted by atomic mass is 9.83. The minimum absolute atomic E-state index is 0.132. The molecule has 0 radical (unpaired) electrons. The summed E-state index contributed by atoms with van der Waals surface area (Å²) in [6, 6.07) is 10.8. The van der Waals surface area contributed by atoms with Crippen molar-refractivity contribution in [2.24, 2.45) is 12.5 Å². The van der Waals surface area contributed by atoms with Gasteiger partial charge in [0.25, 0.3) is 0 Å². The quantitative estimate of drug-likeness (QED) is 0.264. The third-order valence-corrected chi connectivity index (χ3v) is 7.39. The molecule has 0 saturated carbocycles. The van der Waals surface area contributed by atoms with Crippen LogP contribution in [0.5, 0.6) is 11.5 Å². The van der Waals surface area contributed by atoms with Gasteiger partial charge in [-0.15, -0.1) is 11.3 Å². The van der Waals surface area contributed by atoms with E-state index in [1.54, 1.807) is 6.26 Å². The van der Waals surface area contributed by atoms with Gasteiger partial charge >= 0.3 is 0 Å². The summed E-state index contributed by atoms with van der Waals surface area (Å²) in [6.07, 6.45) is 4.78. The fraction of sp³-hybridized carbons (Fsp3) is 0.269. The van der Waals surface area contributed by atoms with Crippen LogP contribution in [0.1, 0.15) is 31.9 Å². The van der Waals surface area contributed by atoms with E-state index in [0.29, 0.717) is 0 Å². The molecule has 1 aliphatic heterocycles. The zero-order valence-corrected chi connectivity index (χ0v) is 18.7. The van der Waals surface area contributed by atoms with E-state index in [-0.39, 0.29) is 5.41 Å². The third kappa shape index (κ3) is 2.34. The predicted molar refractivity (Wildman–Crippen MR) is 124 cm³/mol. The van der Waals surface area contributed by atoms with Gasteiger partial charge in [0, 0.05) is 31.8 Å². The molecule has 0 aliphatic carbocycles. The van der Waals surface area contributed by atoms with Gasteiger partial charge in [-0.3, -0.25) is 0 Å². The Morgan fingerprint density at radius 2 is 1.87 bits per heavy atom. The summed E-state index contributed by atoms with van der Waals surface area (Å²) in [5.41, 5.74) is 5.98. The summed E-state index contributed by atoms with van der Waals surface area (Å²) >= 11 is 1.89. The van der Waals surface area contributed by atoms with Gasteiger partial charge in [0.1, 0.15) is 24.4 Å². The van der Waals surface area contributed by atoms with E-state index in [0.717, 1.165) is 28.9 Å². The van der Waals surface area contributed by atoms with Crippen LogP contribution in [0, 0.1) is 12.3 Å². The zero-order chi connectivity index (χ0) is 20.8. The van der Waals surface area contributed by atoms with Gasteiger partial charge in [-0.1, -0.05) is 39.0 Å². The standard InChI is InChI=1S/C26H24NO2S/c1-14-20-23-22-17(10-11-27(23)5)28-13-18(22)29-24(20)16(12-26(2,3)4)21-15-8-6-7-9-19(15)30-25(14)21/h6-11,13H,12H2,1-5H3/q+1. The molecule has 0 saturated heterocycles. The number of thiophene rings is 1. The van der Waals surface area contributed by atoms with Crippen LogP contribution in [-0.2, 0) is 13.5 Å². The Bertz CT molecular complexity index is 1500. The van der Waals surface area contributed by atoms with E-state index in [9.17, 15) is 0 Å². The van der Waals surface area contributed by atoms with Crippen LogP contribution in [0.4, 0.5) is 0 Å². The molecule has 30 heavy (non-hydrogen) atoms. The van der Waals surface area contributed by atoms with Crippen molar-refractivity contribution in [2.45, 2.75) is 34.1 Å². The van der Waals surface area contributed by atoms with Crippen LogP contribution in [-0.4, -0.2) is 0 Å². The molecular weight excluding hydrogens is 390 g/mol. The smallest absolute Gasteiger partial charge is 0.231 e. The Hall–Kier alpha value is -2.85. The van der Waals surface area contributed by atoms with Crippen molar-refractivity contribution in [2.75, 3.05) is 0 Å². The van der Waals surface area contributed by atoms with Crippen LogP contribution < -0.4 is 9.30 Å². The number of benzene rings is 2. The maximum absolute atomic E-state index is 6.63. The van der Waals surface area contributed by atoms with Gasteiger partial charge in [-0.25, -0.2) is 0 Å². The largest absolute Gasteiger partial charge is 0.460 e. The highest BCUT2D eigenvalue weighted by molar-refractivity contribution is 7.26. The van der Waals surface area contributed by atoms with Gasteiger partial charge in [-0.2, -0.15) is 4.57 Å². The van der Waals surface area contributed by atoms with Crippen LogP contribution in [0.15, 0.2) is 47.2 Å². The fourth-order valence-corrected chi connectivity index (χ4v) is 6.12. The van der Waals surface area contributed by atoms with Crippen LogP contribution >= 0.6 is 11.3 Å². The van der Waals surface area contributed by atoms with Crippen LogP contribution in [0.3, 0.4) is 0 Å². The fourth-order valence-electron chi connectivity index (χ4n) is 4.88. The summed E-state index contributed by atoms with van der Waals surface area (Å²) in [7, 11) is 2.11. The molecule has 150 valence electrons. The molecule has 4 heterocycles. The van der Waals surface area contributed by atoms with Gasteiger partial charge in [0.2, 0.25) is 5.69 Å². The second-order valence-electron chi connectivity index (χ2n) is 9.56. The number of ether oxygens (including phenoxy) is 1. The molecule has 0 bridgehead atoms. The molecule has 0 N–H and O–H groups in total.